The van der Waals surface area contributed by atoms with Crippen LogP contribution in [0.5, 0.6) is 0 Å². The SMILES string of the molecule is c1ccc(C(CNCc2ccc(-n3cccn3)cc2)N2CCCC2)cc1. The van der Waals surface area contributed by atoms with E-state index in [4.69, 9.17) is 0 Å². The van der Waals surface area contributed by atoms with Crippen LogP contribution in [-0.2, 0) is 6.54 Å². The Morgan fingerprint density at radius 3 is 2.38 bits per heavy atom. The first-order chi connectivity index (χ1) is 12.9. The summed E-state index contributed by atoms with van der Waals surface area (Å²) in [5, 5.41) is 7.94. The van der Waals surface area contributed by atoms with E-state index < -0.39 is 0 Å². The maximum atomic E-state index is 4.27. The number of hydrogen-bond donors (Lipinski definition) is 1. The predicted octanol–water partition coefficient (Wildman–Crippen LogP) is 3.80. The zero-order valence-corrected chi connectivity index (χ0v) is 15.1. The molecule has 1 unspecified atom stereocenters. The van der Waals surface area contributed by atoms with E-state index in [1.54, 1.807) is 6.20 Å². The van der Waals surface area contributed by atoms with Gasteiger partial charge in [-0.15, -0.1) is 0 Å². The van der Waals surface area contributed by atoms with Gasteiger partial charge >= 0.3 is 0 Å². The third kappa shape index (κ3) is 4.03. The number of aromatic nitrogens is 2. The van der Waals surface area contributed by atoms with Crippen molar-refractivity contribution in [2.24, 2.45) is 0 Å². The van der Waals surface area contributed by atoms with E-state index in [0.717, 1.165) is 18.8 Å². The number of likely N-dealkylation sites (tertiary alicyclic amines) is 1. The van der Waals surface area contributed by atoms with Crippen LogP contribution in [0.25, 0.3) is 5.69 Å². The highest BCUT2D eigenvalue weighted by atomic mass is 15.3. The van der Waals surface area contributed by atoms with E-state index in [0.29, 0.717) is 6.04 Å². The Labute approximate surface area is 155 Å². The van der Waals surface area contributed by atoms with Crippen LogP contribution in [-0.4, -0.2) is 34.3 Å². The third-order valence-corrected chi connectivity index (χ3v) is 5.14. The molecule has 0 bridgehead atoms. The molecule has 134 valence electrons. The molecule has 3 aromatic rings. The third-order valence-electron chi connectivity index (χ3n) is 5.14. The molecule has 1 aromatic heterocycles. The molecule has 1 aliphatic rings. The first kappa shape index (κ1) is 17.0. The average molecular weight is 346 g/mol. The minimum Gasteiger partial charge on any atom is -0.311 e. The van der Waals surface area contributed by atoms with Crippen molar-refractivity contribution in [3.8, 4) is 5.69 Å². The first-order valence-electron chi connectivity index (χ1n) is 9.49. The molecule has 0 amide bonds. The fraction of sp³-hybridized carbons (Fsp3) is 0.318. The molecule has 4 nitrogen and oxygen atoms in total. The Kier molecular flexibility index (Phi) is 5.43. The second-order valence-electron chi connectivity index (χ2n) is 6.92. The molecule has 1 fully saturated rings. The monoisotopic (exact) mass is 346 g/mol. The standard InChI is InChI=1S/C22H26N4/c1-2-7-20(8-3-1)22(25-14-4-5-15-25)18-23-17-19-9-11-21(12-10-19)26-16-6-13-24-26/h1-3,6-13,16,22-23H,4-5,14-15,17-18H2. The maximum absolute atomic E-state index is 4.27. The van der Waals surface area contributed by atoms with Gasteiger partial charge in [-0.2, -0.15) is 5.10 Å². The molecule has 2 aromatic carbocycles. The first-order valence-corrected chi connectivity index (χ1v) is 9.49. The van der Waals surface area contributed by atoms with Gasteiger partial charge in [0.1, 0.15) is 0 Å². The lowest BCUT2D eigenvalue weighted by Gasteiger charge is -2.28. The largest absolute Gasteiger partial charge is 0.311 e. The normalized spacial score (nSPS) is 16.0. The summed E-state index contributed by atoms with van der Waals surface area (Å²) in [6.45, 7) is 4.28. The number of hydrogen-bond acceptors (Lipinski definition) is 3. The highest BCUT2D eigenvalue weighted by Crippen LogP contribution is 2.24. The Balaban J connectivity index is 1.37. The molecular formula is C22H26N4. The number of rotatable bonds is 7. The van der Waals surface area contributed by atoms with Gasteiger partial charge in [-0.25, -0.2) is 4.68 Å². The van der Waals surface area contributed by atoms with Crippen molar-refractivity contribution in [2.75, 3.05) is 19.6 Å². The van der Waals surface area contributed by atoms with E-state index in [9.17, 15) is 0 Å². The van der Waals surface area contributed by atoms with Crippen molar-refractivity contribution in [1.82, 2.24) is 20.0 Å². The van der Waals surface area contributed by atoms with Crippen LogP contribution in [0.4, 0.5) is 0 Å². The summed E-state index contributed by atoms with van der Waals surface area (Å²) in [5.41, 5.74) is 3.81. The predicted molar refractivity (Wildman–Crippen MR) is 105 cm³/mol. The second-order valence-corrected chi connectivity index (χ2v) is 6.92. The molecule has 0 saturated carbocycles. The molecule has 0 spiro atoms. The van der Waals surface area contributed by atoms with Crippen LogP contribution >= 0.6 is 0 Å². The van der Waals surface area contributed by atoms with E-state index in [1.807, 2.05) is 16.9 Å². The van der Waals surface area contributed by atoms with E-state index in [-0.39, 0.29) is 0 Å². The van der Waals surface area contributed by atoms with Crippen LogP contribution in [0.15, 0.2) is 73.1 Å². The highest BCUT2D eigenvalue weighted by molar-refractivity contribution is 5.33. The molecule has 4 heteroatoms. The van der Waals surface area contributed by atoms with E-state index in [2.05, 4.69) is 69.9 Å². The van der Waals surface area contributed by atoms with Crippen molar-refractivity contribution >= 4 is 0 Å². The Morgan fingerprint density at radius 1 is 0.923 bits per heavy atom. The van der Waals surface area contributed by atoms with Crippen LogP contribution in [0, 0.1) is 0 Å². The van der Waals surface area contributed by atoms with Crippen molar-refractivity contribution in [1.29, 1.82) is 0 Å². The summed E-state index contributed by atoms with van der Waals surface area (Å²) in [4.78, 5) is 2.61. The lowest BCUT2D eigenvalue weighted by molar-refractivity contribution is 0.238. The van der Waals surface area contributed by atoms with Crippen molar-refractivity contribution in [2.45, 2.75) is 25.4 Å². The summed E-state index contributed by atoms with van der Waals surface area (Å²) in [7, 11) is 0. The summed E-state index contributed by atoms with van der Waals surface area (Å²) in [6, 6.07) is 21.9. The van der Waals surface area contributed by atoms with Crippen molar-refractivity contribution < 1.29 is 0 Å². The second kappa shape index (κ2) is 8.30. The number of nitrogens with zero attached hydrogens (tertiary/aromatic N) is 3. The molecule has 0 aliphatic carbocycles. The average Bonchev–Trinajstić information content (AvgIpc) is 3.40. The Bertz CT molecular complexity index is 775. The summed E-state index contributed by atoms with van der Waals surface area (Å²) < 4.78 is 1.88. The van der Waals surface area contributed by atoms with Crippen molar-refractivity contribution in [3.63, 3.8) is 0 Å². The van der Waals surface area contributed by atoms with Gasteiger partial charge in [0, 0.05) is 31.5 Å². The number of benzene rings is 2. The molecule has 4 rings (SSSR count). The van der Waals surface area contributed by atoms with Gasteiger partial charge in [0.05, 0.1) is 5.69 Å². The van der Waals surface area contributed by atoms with Gasteiger partial charge in [-0.05, 0) is 55.3 Å². The molecule has 2 heterocycles. The Hall–Kier alpha value is -2.43. The van der Waals surface area contributed by atoms with E-state index in [1.165, 1.54) is 37.1 Å². The quantitative estimate of drug-likeness (QED) is 0.706. The minimum atomic E-state index is 0.460. The van der Waals surface area contributed by atoms with Gasteiger partial charge in [0.15, 0.2) is 0 Å². The van der Waals surface area contributed by atoms with Gasteiger partial charge in [0.25, 0.3) is 0 Å². The fourth-order valence-corrected chi connectivity index (χ4v) is 3.73. The van der Waals surface area contributed by atoms with Crippen molar-refractivity contribution in [3.05, 3.63) is 84.2 Å². The molecule has 1 saturated heterocycles. The minimum absolute atomic E-state index is 0.460. The molecule has 1 N–H and O–H groups in total. The van der Waals surface area contributed by atoms with Crippen LogP contribution in [0.3, 0.4) is 0 Å². The topological polar surface area (TPSA) is 33.1 Å². The summed E-state index contributed by atoms with van der Waals surface area (Å²) in [5.74, 6) is 0. The number of nitrogens with one attached hydrogen (secondary N) is 1. The van der Waals surface area contributed by atoms with Crippen LogP contribution in [0.1, 0.15) is 30.0 Å². The summed E-state index contributed by atoms with van der Waals surface area (Å²) in [6.07, 6.45) is 6.40. The molecule has 1 atom stereocenters. The smallest absolute Gasteiger partial charge is 0.0645 e. The Morgan fingerprint density at radius 2 is 1.69 bits per heavy atom. The zero-order chi connectivity index (χ0) is 17.6. The highest BCUT2D eigenvalue weighted by Gasteiger charge is 2.22. The van der Waals surface area contributed by atoms with Crippen LogP contribution in [0.2, 0.25) is 0 Å². The molecule has 1 aliphatic heterocycles. The van der Waals surface area contributed by atoms with E-state index >= 15 is 0 Å². The van der Waals surface area contributed by atoms with Crippen LogP contribution < -0.4 is 5.32 Å². The maximum Gasteiger partial charge on any atom is 0.0645 e. The fourth-order valence-electron chi connectivity index (χ4n) is 3.73. The van der Waals surface area contributed by atoms with Gasteiger partial charge in [-0.3, -0.25) is 4.90 Å². The lowest BCUT2D eigenvalue weighted by Crippen LogP contribution is -2.34. The summed E-state index contributed by atoms with van der Waals surface area (Å²) >= 11 is 0. The molecule has 26 heavy (non-hydrogen) atoms. The molecule has 0 radical (unpaired) electrons. The lowest BCUT2D eigenvalue weighted by atomic mass is 10.1. The van der Waals surface area contributed by atoms with Gasteiger partial charge in [-0.1, -0.05) is 42.5 Å². The zero-order valence-electron chi connectivity index (χ0n) is 15.1. The van der Waals surface area contributed by atoms with Gasteiger partial charge in [0.2, 0.25) is 0 Å². The van der Waals surface area contributed by atoms with Gasteiger partial charge < -0.3 is 5.32 Å². The molecular weight excluding hydrogens is 320 g/mol.